The van der Waals surface area contributed by atoms with E-state index in [2.05, 4.69) is 4.98 Å². The average molecular weight is 263 g/mol. The van der Waals surface area contributed by atoms with Gasteiger partial charge in [0, 0.05) is 18.8 Å². The van der Waals surface area contributed by atoms with Crippen LogP contribution in [0, 0.1) is 0 Å². The van der Waals surface area contributed by atoms with Crippen molar-refractivity contribution in [2.75, 3.05) is 24.6 Å². The van der Waals surface area contributed by atoms with Crippen molar-refractivity contribution in [3.63, 3.8) is 0 Å². The Hall–Kier alpha value is -1.34. The second-order valence-electron chi connectivity index (χ2n) is 4.00. The molecule has 0 aliphatic heterocycles. The van der Waals surface area contributed by atoms with Crippen LogP contribution in [-0.4, -0.2) is 36.0 Å². The van der Waals surface area contributed by atoms with E-state index in [0.29, 0.717) is 0 Å². The predicted octanol–water partition coefficient (Wildman–Crippen LogP) is 1.46. The minimum atomic E-state index is -4.34. The minimum absolute atomic E-state index is 0.121. The second kappa shape index (κ2) is 6.01. The second-order valence-corrected chi connectivity index (χ2v) is 4.00. The van der Waals surface area contributed by atoms with Crippen LogP contribution < -0.4 is 10.6 Å². The zero-order valence-corrected chi connectivity index (χ0v) is 9.98. The Bertz CT molecular complexity index is 365. The molecule has 0 saturated carbocycles. The number of rotatable bonds is 5. The van der Waals surface area contributed by atoms with Gasteiger partial charge in [-0.15, -0.1) is 0 Å². The molecule has 1 aromatic heterocycles. The number of aromatic nitrogens is 1. The maximum absolute atomic E-state index is 12.4. The lowest BCUT2D eigenvalue weighted by Gasteiger charge is -2.24. The lowest BCUT2D eigenvalue weighted by atomic mass is 10.1. The fraction of sp³-hybridized carbons (Fsp3) is 0.545. The number of nitrogens with zero attached hydrogens (tertiary/aromatic N) is 2. The number of nitrogens with two attached hydrogens (primary N) is 1. The SMILES string of the molecule is C[C@H](N)c1ccc(N(CCO)CC(F)(F)F)nc1. The van der Waals surface area contributed by atoms with E-state index in [0.717, 1.165) is 10.5 Å². The molecule has 1 rings (SSSR count). The van der Waals surface area contributed by atoms with Gasteiger partial charge in [0.2, 0.25) is 0 Å². The molecule has 0 saturated heterocycles. The van der Waals surface area contributed by atoms with Crippen LogP contribution in [-0.2, 0) is 0 Å². The summed E-state index contributed by atoms with van der Waals surface area (Å²) in [5, 5.41) is 8.78. The molecule has 1 aromatic rings. The minimum Gasteiger partial charge on any atom is -0.395 e. The van der Waals surface area contributed by atoms with Gasteiger partial charge in [-0.3, -0.25) is 0 Å². The van der Waals surface area contributed by atoms with Crippen molar-refractivity contribution in [1.29, 1.82) is 0 Å². The Morgan fingerprint density at radius 1 is 1.44 bits per heavy atom. The highest BCUT2D eigenvalue weighted by atomic mass is 19.4. The van der Waals surface area contributed by atoms with Gasteiger partial charge in [0.15, 0.2) is 0 Å². The van der Waals surface area contributed by atoms with Gasteiger partial charge in [-0.1, -0.05) is 6.07 Å². The van der Waals surface area contributed by atoms with Gasteiger partial charge in [-0.05, 0) is 18.6 Å². The first-order valence-electron chi connectivity index (χ1n) is 5.47. The van der Waals surface area contributed by atoms with Crippen LogP contribution in [0.2, 0.25) is 0 Å². The maximum atomic E-state index is 12.4. The Morgan fingerprint density at radius 3 is 2.50 bits per heavy atom. The summed E-state index contributed by atoms with van der Waals surface area (Å²) in [6, 6.07) is 2.88. The lowest BCUT2D eigenvalue weighted by molar-refractivity contribution is -0.120. The Labute approximate surface area is 103 Å². The van der Waals surface area contributed by atoms with Crippen LogP contribution in [0.3, 0.4) is 0 Å². The quantitative estimate of drug-likeness (QED) is 0.844. The molecule has 102 valence electrons. The summed E-state index contributed by atoms with van der Waals surface area (Å²) in [7, 11) is 0. The third-order valence-corrected chi connectivity index (χ3v) is 2.36. The highest BCUT2D eigenvalue weighted by Gasteiger charge is 2.31. The van der Waals surface area contributed by atoms with Crippen molar-refractivity contribution in [1.82, 2.24) is 4.98 Å². The van der Waals surface area contributed by atoms with Gasteiger partial charge < -0.3 is 15.7 Å². The van der Waals surface area contributed by atoms with Crippen molar-refractivity contribution < 1.29 is 18.3 Å². The summed E-state index contributed by atoms with van der Waals surface area (Å²) in [6.45, 7) is 0.132. The molecule has 0 unspecified atom stereocenters. The van der Waals surface area contributed by atoms with E-state index in [1.54, 1.807) is 13.0 Å². The molecule has 18 heavy (non-hydrogen) atoms. The van der Waals surface area contributed by atoms with E-state index in [4.69, 9.17) is 10.8 Å². The summed E-state index contributed by atoms with van der Waals surface area (Å²) in [5.41, 5.74) is 6.37. The molecule has 1 atom stereocenters. The van der Waals surface area contributed by atoms with E-state index >= 15 is 0 Å². The van der Waals surface area contributed by atoms with E-state index in [-0.39, 0.29) is 25.0 Å². The number of alkyl halides is 3. The molecule has 0 fully saturated rings. The maximum Gasteiger partial charge on any atom is 0.405 e. The Balaban J connectivity index is 2.85. The van der Waals surface area contributed by atoms with E-state index in [1.807, 2.05) is 0 Å². The Kier molecular flexibility index (Phi) is 4.92. The molecule has 1 heterocycles. The van der Waals surface area contributed by atoms with Gasteiger partial charge in [0.05, 0.1) is 6.61 Å². The fourth-order valence-electron chi connectivity index (χ4n) is 1.47. The highest BCUT2D eigenvalue weighted by molar-refractivity contribution is 5.40. The molecule has 0 radical (unpaired) electrons. The summed E-state index contributed by atoms with van der Waals surface area (Å²) < 4.78 is 37.1. The van der Waals surface area contributed by atoms with E-state index < -0.39 is 12.7 Å². The van der Waals surface area contributed by atoms with Crippen molar-refractivity contribution in [2.24, 2.45) is 5.73 Å². The molecule has 0 aliphatic rings. The normalized spacial score (nSPS) is 13.4. The van der Waals surface area contributed by atoms with Crippen LogP contribution in [0.25, 0.3) is 0 Å². The van der Waals surface area contributed by atoms with Crippen LogP contribution in [0.15, 0.2) is 18.3 Å². The van der Waals surface area contributed by atoms with Crippen LogP contribution >= 0.6 is 0 Å². The smallest absolute Gasteiger partial charge is 0.395 e. The number of pyridine rings is 1. The molecule has 0 bridgehead atoms. The predicted molar refractivity (Wildman–Crippen MR) is 62.2 cm³/mol. The number of anilines is 1. The van der Waals surface area contributed by atoms with Gasteiger partial charge in [-0.25, -0.2) is 4.98 Å². The van der Waals surface area contributed by atoms with Gasteiger partial charge in [0.25, 0.3) is 0 Å². The molecular weight excluding hydrogens is 247 g/mol. The first kappa shape index (κ1) is 14.7. The van der Waals surface area contributed by atoms with E-state index in [9.17, 15) is 13.2 Å². The molecule has 3 N–H and O–H groups in total. The monoisotopic (exact) mass is 263 g/mol. The van der Waals surface area contributed by atoms with Crippen LogP contribution in [0.1, 0.15) is 18.5 Å². The first-order chi connectivity index (χ1) is 8.33. The average Bonchev–Trinajstić information content (AvgIpc) is 2.27. The van der Waals surface area contributed by atoms with Crippen molar-refractivity contribution in [3.8, 4) is 0 Å². The molecule has 0 amide bonds. The zero-order valence-electron chi connectivity index (χ0n) is 9.98. The Morgan fingerprint density at radius 2 is 2.11 bits per heavy atom. The number of aliphatic hydroxyl groups excluding tert-OH is 1. The first-order valence-corrected chi connectivity index (χ1v) is 5.47. The molecule has 0 aliphatic carbocycles. The molecule has 7 heteroatoms. The summed E-state index contributed by atoms with van der Waals surface area (Å²) in [6.07, 6.45) is -2.89. The van der Waals surface area contributed by atoms with Crippen LogP contribution in [0.5, 0.6) is 0 Å². The molecular formula is C11H16F3N3O. The number of hydrogen-bond donors (Lipinski definition) is 2. The lowest BCUT2D eigenvalue weighted by Crippen LogP contribution is -2.36. The third kappa shape index (κ3) is 4.50. The van der Waals surface area contributed by atoms with Gasteiger partial charge >= 0.3 is 6.18 Å². The summed E-state index contributed by atoms with van der Waals surface area (Å²) in [5.74, 6) is 0.172. The largest absolute Gasteiger partial charge is 0.405 e. The summed E-state index contributed by atoms with van der Waals surface area (Å²) in [4.78, 5) is 4.92. The number of aliphatic hydroxyl groups is 1. The highest BCUT2D eigenvalue weighted by Crippen LogP contribution is 2.21. The molecule has 0 aromatic carbocycles. The van der Waals surface area contributed by atoms with Crippen molar-refractivity contribution in [2.45, 2.75) is 19.1 Å². The topological polar surface area (TPSA) is 62.4 Å². The van der Waals surface area contributed by atoms with Gasteiger partial charge in [-0.2, -0.15) is 13.2 Å². The van der Waals surface area contributed by atoms with Crippen molar-refractivity contribution in [3.05, 3.63) is 23.9 Å². The van der Waals surface area contributed by atoms with E-state index in [1.165, 1.54) is 12.3 Å². The van der Waals surface area contributed by atoms with Crippen molar-refractivity contribution >= 4 is 5.82 Å². The van der Waals surface area contributed by atoms with Gasteiger partial charge in [0.1, 0.15) is 12.4 Å². The number of hydrogen-bond acceptors (Lipinski definition) is 4. The summed E-state index contributed by atoms with van der Waals surface area (Å²) >= 11 is 0. The fourth-order valence-corrected chi connectivity index (χ4v) is 1.47. The molecule has 0 spiro atoms. The number of halogens is 3. The standard InChI is InChI=1S/C11H16F3N3O/c1-8(15)9-2-3-10(16-6-9)17(4-5-18)7-11(12,13)14/h2-3,6,8,18H,4-5,7,15H2,1H3/t8-/m0/s1. The third-order valence-electron chi connectivity index (χ3n) is 2.36. The van der Waals surface area contributed by atoms with Crippen LogP contribution in [0.4, 0.5) is 19.0 Å². The zero-order chi connectivity index (χ0) is 13.8. The molecule has 4 nitrogen and oxygen atoms in total.